The molecule has 48 heavy (non-hydrogen) atoms. The predicted octanol–water partition coefficient (Wildman–Crippen LogP) is 5.06. The van der Waals surface area contributed by atoms with E-state index in [1.807, 2.05) is 49.4 Å². The molecule has 20 heteroatoms. The third kappa shape index (κ3) is 10.6. The summed E-state index contributed by atoms with van der Waals surface area (Å²) in [6.07, 6.45) is -6.23. The lowest BCUT2D eigenvalue weighted by Gasteiger charge is -2.30. The number of hydrogen-bond acceptors (Lipinski definition) is 9. The van der Waals surface area contributed by atoms with Crippen molar-refractivity contribution in [3.8, 4) is 0 Å². The van der Waals surface area contributed by atoms with Crippen LogP contribution in [0.25, 0.3) is 21.1 Å². The van der Waals surface area contributed by atoms with Crippen molar-refractivity contribution in [2.75, 3.05) is 10.6 Å². The number of halogens is 6. The van der Waals surface area contributed by atoms with Crippen LogP contribution >= 0.6 is 11.3 Å². The highest BCUT2D eigenvalue weighted by Gasteiger charge is 2.39. The fourth-order valence-electron chi connectivity index (χ4n) is 4.33. The zero-order chi connectivity index (χ0) is 35.8. The highest BCUT2D eigenvalue weighted by atomic mass is 32.1. The van der Waals surface area contributed by atoms with Crippen LogP contribution in [0.1, 0.15) is 41.9 Å². The molecular formula is C28H28F6N8O5S. The molecule has 5 rings (SSSR count). The summed E-state index contributed by atoms with van der Waals surface area (Å²) in [6.45, 7) is 2.01. The van der Waals surface area contributed by atoms with Crippen LogP contribution in [0.3, 0.4) is 0 Å². The minimum Gasteiger partial charge on any atom is -0.475 e. The van der Waals surface area contributed by atoms with Gasteiger partial charge >= 0.3 is 24.3 Å². The van der Waals surface area contributed by atoms with Gasteiger partial charge in [0.05, 0.1) is 27.8 Å². The number of nitrogens with two attached hydrogens (primary N) is 2. The number of aryl methyl sites for hydroxylation is 1. The molecule has 2 aromatic heterocycles. The first-order valence-corrected chi connectivity index (χ1v) is 14.6. The fourth-order valence-corrected chi connectivity index (χ4v) is 5.19. The van der Waals surface area contributed by atoms with Crippen LogP contribution in [-0.4, -0.2) is 73.4 Å². The summed E-state index contributed by atoms with van der Waals surface area (Å²) in [5, 5.41) is 22.0. The van der Waals surface area contributed by atoms with Crippen molar-refractivity contribution in [3.63, 3.8) is 0 Å². The second kappa shape index (κ2) is 15.5. The predicted molar refractivity (Wildman–Crippen MR) is 165 cm³/mol. The van der Waals surface area contributed by atoms with Crippen molar-refractivity contribution >= 4 is 67.2 Å². The first-order chi connectivity index (χ1) is 22.3. The van der Waals surface area contributed by atoms with Gasteiger partial charge in [-0.15, -0.1) is 0 Å². The van der Waals surface area contributed by atoms with E-state index >= 15 is 0 Å². The van der Waals surface area contributed by atoms with Crippen LogP contribution in [0.4, 0.5) is 37.3 Å². The number of rotatable bonds is 5. The smallest absolute Gasteiger partial charge is 0.475 e. The number of para-hydroxylation sites is 1. The number of amides is 1. The Morgan fingerprint density at radius 2 is 1.50 bits per heavy atom. The van der Waals surface area contributed by atoms with Crippen molar-refractivity contribution in [1.82, 2.24) is 15.0 Å². The van der Waals surface area contributed by atoms with Crippen molar-refractivity contribution in [3.05, 3.63) is 53.9 Å². The molecule has 13 nitrogen and oxygen atoms in total. The average Bonchev–Trinajstić information content (AvgIpc) is 3.40. The Bertz CT molecular complexity index is 1750. The minimum atomic E-state index is -5.08. The van der Waals surface area contributed by atoms with E-state index in [1.54, 1.807) is 0 Å². The topological polar surface area (TPSA) is 219 Å². The second-order valence-corrected chi connectivity index (χ2v) is 11.2. The average molecular weight is 703 g/mol. The van der Waals surface area contributed by atoms with E-state index in [9.17, 15) is 31.1 Å². The highest BCUT2D eigenvalue weighted by Crippen LogP contribution is 2.29. The number of thiazole rings is 1. The fraction of sp³-hybridized carbons (Fsp3) is 0.321. The Hall–Kier alpha value is -5.27. The molecular weight excluding hydrogens is 674 g/mol. The lowest BCUT2D eigenvalue weighted by molar-refractivity contribution is -0.193. The van der Waals surface area contributed by atoms with E-state index in [1.165, 1.54) is 11.3 Å². The Morgan fingerprint density at radius 3 is 2.08 bits per heavy atom. The van der Waals surface area contributed by atoms with E-state index in [0.29, 0.717) is 16.5 Å². The Balaban J connectivity index is 0.000000376. The zero-order valence-corrected chi connectivity index (χ0v) is 25.6. The molecule has 1 saturated carbocycles. The molecule has 8 N–H and O–H groups in total. The number of anilines is 2. The van der Waals surface area contributed by atoms with E-state index in [0.717, 1.165) is 46.8 Å². The minimum absolute atomic E-state index is 0.00892. The molecule has 2 heterocycles. The zero-order valence-electron chi connectivity index (χ0n) is 24.8. The van der Waals surface area contributed by atoms with Crippen LogP contribution in [-0.2, 0) is 9.59 Å². The summed E-state index contributed by atoms with van der Waals surface area (Å²) < 4.78 is 64.5. The number of nitrogens with one attached hydrogen (secondary N) is 2. The number of carboxylic acids is 2. The summed E-state index contributed by atoms with van der Waals surface area (Å²) in [5.74, 6) is -5.16. The van der Waals surface area contributed by atoms with Gasteiger partial charge in [-0.3, -0.25) is 10.1 Å². The normalized spacial score (nSPS) is 16.1. The molecule has 0 saturated heterocycles. The molecule has 2 unspecified atom stereocenters. The molecule has 0 spiro atoms. The van der Waals surface area contributed by atoms with Crippen LogP contribution in [0.5, 0.6) is 0 Å². The van der Waals surface area contributed by atoms with Crippen LogP contribution < -0.4 is 22.1 Å². The van der Waals surface area contributed by atoms with E-state index < -0.39 is 30.2 Å². The summed E-state index contributed by atoms with van der Waals surface area (Å²) in [5.41, 5.74) is 13.9. The summed E-state index contributed by atoms with van der Waals surface area (Å²) in [6, 6.07) is 13.6. The first kappa shape index (κ1) is 37.2. The molecule has 1 aliphatic rings. The number of aliphatic imine (C=N–C) groups is 1. The molecule has 1 amide bonds. The number of alkyl halides is 6. The maximum atomic E-state index is 13.1. The number of fused-ring (bicyclic) bond motifs is 2. The molecule has 1 fully saturated rings. The third-order valence-corrected chi connectivity index (χ3v) is 7.37. The molecule has 258 valence electrons. The lowest BCUT2D eigenvalue weighted by atomic mass is 9.90. The number of carbonyl (C=O) groups excluding carboxylic acids is 1. The molecule has 4 aromatic rings. The van der Waals surface area contributed by atoms with Gasteiger partial charge in [0.2, 0.25) is 5.82 Å². The molecule has 0 aliphatic heterocycles. The van der Waals surface area contributed by atoms with Gasteiger partial charge in [0.25, 0.3) is 5.91 Å². The van der Waals surface area contributed by atoms with Gasteiger partial charge in [0.15, 0.2) is 11.1 Å². The summed E-state index contributed by atoms with van der Waals surface area (Å²) in [7, 11) is 0. The standard InChI is InChI=1S/C24H26N8OS.2C2HF3O2/c1-13-10-11-15-14(12-13)20(28-16-6-2-3-7-17(16)29-23(25)26)31-21(27-15)22(33)32-24-30-18-8-4-5-9-19(18)34-24;2*3-2(4,5)1(6)7/h4-5,8-12,16-17H,2-3,6-7H2,1H3,(H4,25,26,29)(H,27,28,31)(H,30,32,33);2*(H,6,7). The Kier molecular flexibility index (Phi) is 12.0. The summed E-state index contributed by atoms with van der Waals surface area (Å²) in [4.78, 5) is 49.0. The first-order valence-electron chi connectivity index (χ1n) is 13.8. The highest BCUT2D eigenvalue weighted by molar-refractivity contribution is 7.22. The van der Waals surface area contributed by atoms with E-state index in [-0.39, 0.29) is 23.9 Å². The van der Waals surface area contributed by atoms with Gasteiger partial charge in [-0.05, 0) is 44.0 Å². The summed E-state index contributed by atoms with van der Waals surface area (Å²) >= 11 is 1.41. The number of carboxylic acid groups (broad SMARTS) is 2. The Labute approximate surface area is 271 Å². The van der Waals surface area contributed by atoms with Crippen LogP contribution in [0.2, 0.25) is 0 Å². The van der Waals surface area contributed by atoms with Gasteiger partial charge in [0, 0.05) is 5.39 Å². The number of aliphatic carboxylic acids is 2. The van der Waals surface area contributed by atoms with Crippen molar-refractivity contribution < 1.29 is 50.9 Å². The second-order valence-electron chi connectivity index (χ2n) is 10.1. The van der Waals surface area contributed by atoms with Gasteiger partial charge in [-0.25, -0.2) is 29.5 Å². The number of benzene rings is 2. The van der Waals surface area contributed by atoms with E-state index in [2.05, 4.69) is 30.6 Å². The maximum Gasteiger partial charge on any atom is 0.490 e. The third-order valence-electron chi connectivity index (χ3n) is 6.42. The molecule has 0 bridgehead atoms. The maximum absolute atomic E-state index is 13.1. The Morgan fingerprint density at radius 1 is 0.896 bits per heavy atom. The number of carbonyl (C=O) groups is 3. The van der Waals surface area contributed by atoms with Gasteiger partial charge < -0.3 is 27.0 Å². The SMILES string of the molecule is Cc1ccc2nc(C(=O)Nc3nc4ccccc4s3)nc(NC3CCCCC3N=C(N)N)c2c1.O=C(O)C(F)(F)F.O=C(O)C(F)(F)F. The van der Waals surface area contributed by atoms with Crippen LogP contribution in [0.15, 0.2) is 47.5 Å². The number of hydrogen-bond donors (Lipinski definition) is 6. The van der Waals surface area contributed by atoms with Gasteiger partial charge in [-0.1, -0.05) is 47.9 Å². The largest absolute Gasteiger partial charge is 0.490 e. The van der Waals surface area contributed by atoms with Gasteiger partial charge in [-0.2, -0.15) is 26.3 Å². The quantitative estimate of drug-likeness (QED) is 0.0917. The lowest BCUT2D eigenvalue weighted by Crippen LogP contribution is -2.38. The monoisotopic (exact) mass is 702 g/mol. The molecule has 1 aliphatic carbocycles. The molecule has 2 atom stereocenters. The molecule has 2 aromatic carbocycles. The van der Waals surface area contributed by atoms with Crippen molar-refractivity contribution in [2.24, 2.45) is 16.5 Å². The van der Waals surface area contributed by atoms with E-state index in [4.69, 9.17) is 31.3 Å². The molecule has 0 radical (unpaired) electrons. The number of aromatic nitrogens is 3. The number of nitrogens with zero attached hydrogens (tertiary/aromatic N) is 4. The van der Waals surface area contributed by atoms with Crippen molar-refractivity contribution in [1.29, 1.82) is 0 Å². The van der Waals surface area contributed by atoms with Crippen LogP contribution in [0, 0.1) is 6.92 Å². The van der Waals surface area contributed by atoms with Gasteiger partial charge in [0.1, 0.15) is 5.82 Å². The number of guanidine groups is 1. The van der Waals surface area contributed by atoms with Crippen molar-refractivity contribution in [2.45, 2.75) is 57.0 Å².